The Labute approximate surface area is 54.8 Å². The van der Waals surface area contributed by atoms with Gasteiger partial charge >= 0.3 is 0 Å². The van der Waals surface area contributed by atoms with E-state index >= 15 is 0 Å². The maximum absolute atomic E-state index is 2.26. The molecular formula is C8H19. The van der Waals surface area contributed by atoms with Crippen LogP contribution in [0, 0.1) is 0 Å². The van der Waals surface area contributed by atoms with Crippen molar-refractivity contribution in [1.82, 2.24) is 0 Å². The van der Waals surface area contributed by atoms with E-state index in [-0.39, 0.29) is 1.43 Å². The predicted octanol–water partition coefficient (Wildman–Crippen LogP) is 3.48. The molecule has 0 bridgehead atoms. The van der Waals surface area contributed by atoms with Crippen LogP contribution < -0.4 is 0 Å². The second kappa shape index (κ2) is 7.00. The number of unbranched alkanes of at least 4 members (excludes halogenated alkanes) is 5. The molecule has 0 heteroatoms. The fraction of sp³-hybridized carbons (Fsp3) is 1.00. The van der Waals surface area contributed by atoms with Crippen molar-refractivity contribution in [3.63, 3.8) is 0 Å². The van der Waals surface area contributed by atoms with Crippen LogP contribution >= 0.6 is 0 Å². The van der Waals surface area contributed by atoms with E-state index in [2.05, 4.69) is 13.8 Å². The van der Waals surface area contributed by atoms with Crippen molar-refractivity contribution in [2.75, 3.05) is 0 Å². The molecule has 0 aromatic heterocycles. The lowest BCUT2D eigenvalue weighted by Gasteiger charge is -1.93. The van der Waals surface area contributed by atoms with Gasteiger partial charge in [0.2, 0.25) is 0 Å². The van der Waals surface area contributed by atoms with Gasteiger partial charge in [-0.15, -0.1) is 0 Å². The lowest BCUT2D eigenvalue weighted by molar-refractivity contribution is 0.624. The summed E-state index contributed by atoms with van der Waals surface area (Å²) >= 11 is 0. The molecule has 0 N–H and O–H groups in total. The molecule has 51 valence electrons. The van der Waals surface area contributed by atoms with Gasteiger partial charge in [-0.1, -0.05) is 52.4 Å². The molecule has 0 atom stereocenters. The smallest absolute Gasteiger partial charge is 0 e. The summed E-state index contributed by atoms with van der Waals surface area (Å²) in [4.78, 5) is 0. The Morgan fingerprint density at radius 3 is 1.38 bits per heavy atom. The Morgan fingerprint density at radius 2 is 1.12 bits per heavy atom. The van der Waals surface area contributed by atoms with E-state index in [0.29, 0.717) is 0 Å². The van der Waals surface area contributed by atoms with Crippen molar-refractivity contribution in [3.8, 4) is 0 Å². The first-order valence-electron chi connectivity index (χ1n) is 3.91. The maximum atomic E-state index is 2.26. The van der Waals surface area contributed by atoms with Gasteiger partial charge in [0.05, 0.1) is 0 Å². The van der Waals surface area contributed by atoms with Crippen LogP contribution in [0.25, 0.3) is 0 Å². The average molecular weight is 115 g/mol. The molecule has 0 rings (SSSR count). The second-order valence-corrected chi connectivity index (χ2v) is 2.41. The quantitative estimate of drug-likeness (QED) is 0.481. The van der Waals surface area contributed by atoms with Gasteiger partial charge < -0.3 is 0 Å². The molecule has 0 unspecified atom stereocenters. The van der Waals surface area contributed by atoms with Crippen LogP contribution in [-0.4, -0.2) is 0 Å². The van der Waals surface area contributed by atoms with Crippen LogP contribution in [0.5, 0.6) is 0 Å². The average Bonchev–Trinajstić information content (AvgIpc) is 1.81. The van der Waals surface area contributed by atoms with E-state index in [0.717, 1.165) is 0 Å². The van der Waals surface area contributed by atoms with Crippen molar-refractivity contribution in [3.05, 3.63) is 0 Å². The highest BCUT2D eigenvalue weighted by atomic mass is 13.9. The lowest BCUT2D eigenvalue weighted by Crippen LogP contribution is -1.73. The van der Waals surface area contributed by atoms with E-state index in [9.17, 15) is 0 Å². The summed E-state index contributed by atoms with van der Waals surface area (Å²) in [7, 11) is 0. The molecule has 1 radical (unpaired) electrons. The summed E-state index contributed by atoms with van der Waals surface area (Å²) in [6.45, 7) is 4.51. The van der Waals surface area contributed by atoms with Crippen LogP contribution in [0.4, 0.5) is 0 Å². The number of rotatable bonds is 5. The molecule has 0 nitrogen and oxygen atoms in total. The SMILES string of the molecule is CCCCCCCC.[H]. The molecule has 0 heterocycles. The van der Waals surface area contributed by atoms with E-state index in [1.165, 1.54) is 38.5 Å². The van der Waals surface area contributed by atoms with Crippen molar-refractivity contribution >= 4 is 0 Å². The third-order valence-corrected chi connectivity index (χ3v) is 1.46. The maximum Gasteiger partial charge on any atom is 0 e. The van der Waals surface area contributed by atoms with E-state index in [1.54, 1.807) is 0 Å². The van der Waals surface area contributed by atoms with Crippen molar-refractivity contribution in [2.45, 2.75) is 52.4 Å². The van der Waals surface area contributed by atoms with Crippen LogP contribution in [-0.2, 0) is 0 Å². The van der Waals surface area contributed by atoms with E-state index < -0.39 is 0 Å². The monoisotopic (exact) mass is 115 g/mol. The molecule has 0 spiro atoms. The number of hydrogen-bond donors (Lipinski definition) is 0. The minimum absolute atomic E-state index is 0. The molecule has 0 aliphatic rings. The van der Waals surface area contributed by atoms with Crippen molar-refractivity contribution < 1.29 is 1.43 Å². The third kappa shape index (κ3) is 6.00. The molecule has 0 aliphatic heterocycles. The third-order valence-electron chi connectivity index (χ3n) is 1.46. The molecule has 8 heavy (non-hydrogen) atoms. The Balaban J connectivity index is 0. The molecule has 0 aromatic rings. The molecule has 0 saturated heterocycles. The summed E-state index contributed by atoms with van der Waals surface area (Å²) < 4.78 is 0. The molecule has 0 aromatic carbocycles. The van der Waals surface area contributed by atoms with Gasteiger partial charge in [0.15, 0.2) is 0 Å². The Kier molecular flexibility index (Phi) is 7.00. The molecule has 0 aliphatic carbocycles. The van der Waals surface area contributed by atoms with E-state index in [1.807, 2.05) is 0 Å². The normalized spacial score (nSPS) is 9.75. The zero-order chi connectivity index (χ0) is 6.24. The van der Waals surface area contributed by atoms with Gasteiger partial charge in [0, 0.05) is 1.43 Å². The zero-order valence-electron chi connectivity index (χ0n) is 7.24. The molecule has 0 fully saturated rings. The highest BCUT2D eigenvalue weighted by molar-refractivity contribution is 4.39. The van der Waals surface area contributed by atoms with Crippen LogP contribution in [0.2, 0.25) is 0 Å². The summed E-state index contributed by atoms with van der Waals surface area (Å²) in [5, 5.41) is 0. The molecular weight excluding hydrogens is 96.1 g/mol. The minimum Gasteiger partial charge on any atom is -0.0654 e. The first-order valence-corrected chi connectivity index (χ1v) is 3.91. The van der Waals surface area contributed by atoms with Gasteiger partial charge in [-0.25, -0.2) is 0 Å². The van der Waals surface area contributed by atoms with Crippen LogP contribution in [0.15, 0.2) is 0 Å². The molecule has 0 saturated carbocycles. The van der Waals surface area contributed by atoms with Gasteiger partial charge in [-0.2, -0.15) is 0 Å². The van der Waals surface area contributed by atoms with Crippen LogP contribution in [0.1, 0.15) is 53.8 Å². The van der Waals surface area contributed by atoms with Crippen molar-refractivity contribution in [1.29, 1.82) is 0 Å². The number of hydrogen-bond acceptors (Lipinski definition) is 0. The van der Waals surface area contributed by atoms with Gasteiger partial charge in [-0.3, -0.25) is 0 Å². The summed E-state index contributed by atoms with van der Waals surface area (Å²) in [6, 6.07) is 0. The van der Waals surface area contributed by atoms with E-state index in [4.69, 9.17) is 0 Å². The fourth-order valence-electron chi connectivity index (χ4n) is 0.854. The van der Waals surface area contributed by atoms with Gasteiger partial charge in [0.25, 0.3) is 0 Å². The second-order valence-electron chi connectivity index (χ2n) is 2.41. The summed E-state index contributed by atoms with van der Waals surface area (Å²) in [5.41, 5.74) is 0. The largest absolute Gasteiger partial charge is 0.0654 e. The Hall–Kier alpha value is 0. The standard InChI is InChI=1S/C8H18.H/c1-3-5-7-8-6-4-2;/h3-8H2,1-2H3;. The zero-order valence-corrected chi connectivity index (χ0v) is 6.24. The Morgan fingerprint density at radius 1 is 0.750 bits per heavy atom. The Bertz CT molecular complexity index is 29.5. The van der Waals surface area contributed by atoms with Crippen LogP contribution in [0.3, 0.4) is 0 Å². The highest BCUT2D eigenvalue weighted by Gasteiger charge is 1.83. The highest BCUT2D eigenvalue weighted by Crippen LogP contribution is 2.03. The topological polar surface area (TPSA) is 0 Å². The van der Waals surface area contributed by atoms with Crippen molar-refractivity contribution in [2.24, 2.45) is 0 Å². The predicted molar refractivity (Wildman–Crippen MR) is 40.2 cm³/mol. The van der Waals surface area contributed by atoms with Gasteiger partial charge in [0.1, 0.15) is 0 Å². The molecule has 0 amide bonds. The fourth-order valence-corrected chi connectivity index (χ4v) is 0.854. The first-order chi connectivity index (χ1) is 3.91. The first kappa shape index (κ1) is 8.00. The summed E-state index contributed by atoms with van der Waals surface area (Å²) in [5.74, 6) is 0. The van der Waals surface area contributed by atoms with Gasteiger partial charge in [-0.05, 0) is 0 Å². The lowest BCUT2D eigenvalue weighted by atomic mass is 10.1. The summed E-state index contributed by atoms with van der Waals surface area (Å²) in [6.07, 6.45) is 8.49. The minimum atomic E-state index is 0.